The molecular weight excluding hydrogens is 286 g/mol. The van der Waals surface area contributed by atoms with Gasteiger partial charge in [0.1, 0.15) is 11.3 Å². The largest absolute Gasteiger partial charge is 0.381 e. The van der Waals surface area contributed by atoms with Gasteiger partial charge in [-0.3, -0.25) is 0 Å². The summed E-state index contributed by atoms with van der Waals surface area (Å²) >= 11 is 0. The summed E-state index contributed by atoms with van der Waals surface area (Å²) in [4.78, 5) is 9.40. The minimum atomic E-state index is 0.553. The van der Waals surface area contributed by atoms with Crippen molar-refractivity contribution in [2.75, 3.05) is 13.2 Å². The Morgan fingerprint density at radius 3 is 2.87 bits per heavy atom. The molecule has 118 valence electrons. The van der Waals surface area contributed by atoms with E-state index in [2.05, 4.69) is 33.8 Å². The van der Waals surface area contributed by atoms with E-state index in [1.807, 2.05) is 24.4 Å². The fourth-order valence-electron chi connectivity index (χ4n) is 3.32. The van der Waals surface area contributed by atoms with Crippen LogP contribution in [0, 0.1) is 5.92 Å². The standard InChI is InChI=1S/C19H21N3O/c1-2-6-15(7-3-1)12-18-21-17-9-4-10-20-19(17)22(18)13-16-8-5-11-23-14-16/h1-4,6-7,9-10,16H,5,8,11-14H2. The molecule has 3 heterocycles. The number of hydrogen-bond donors (Lipinski definition) is 0. The van der Waals surface area contributed by atoms with E-state index in [1.54, 1.807) is 0 Å². The lowest BCUT2D eigenvalue weighted by Gasteiger charge is -2.23. The van der Waals surface area contributed by atoms with Crippen LogP contribution in [0.4, 0.5) is 0 Å². The lowest BCUT2D eigenvalue weighted by atomic mass is 10.0. The molecule has 23 heavy (non-hydrogen) atoms. The maximum Gasteiger partial charge on any atom is 0.160 e. The normalized spacial score (nSPS) is 18.3. The number of ether oxygens (including phenoxy) is 1. The fraction of sp³-hybridized carbons (Fsp3) is 0.368. The molecule has 3 aromatic rings. The second kappa shape index (κ2) is 6.50. The molecule has 0 amide bonds. The van der Waals surface area contributed by atoms with Gasteiger partial charge in [-0.25, -0.2) is 9.97 Å². The lowest BCUT2D eigenvalue weighted by Crippen LogP contribution is -2.23. The lowest BCUT2D eigenvalue weighted by molar-refractivity contribution is 0.0485. The molecule has 0 bridgehead atoms. The molecule has 0 N–H and O–H groups in total. The molecular formula is C19H21N3O. The molecule has 1 aromatic carbocycles. The Hall–Kier alpha value is -2.20. The molecule has 0 saturated carbocycles. The number of pyridine rings is 1. The molecule has 1 aliphatic rings. The van der Waals surface area contributed by atoms with Crippen LogP contribution in [-0.2, 0) is 17.7 Å². The first-order valence-corrected chi connectivity index (χ1v) is 8.32. The summed E-state index contributed by atoms with van der Waals surface area (Å²) in [7, 11) is 0. The number of aromatic nitrogens is 3. The van der Waals surface area contributed by atoms with Gasteiger partial charge >= 0.3 is 0 Å². The minimum Gasteiger partial charge on any atom is -0.381 e. The van der Waals surface area contributed by atoms with E-state index in [1.165, 1.54) is 12.0 Å². The Bertz CT molecular complexity index is 776. The van der Waals surface area contributed by atoms with Crippen molar-refractivity contribution in [1.82, 2.24) is 14.5 Å². The first kappa shape index (κ1) is 14.4. The third kappa shape index (κ3) is 3.13. The Labute approximate surface area is 136 Å². The van der Waals surface area contributed by atoms with E-state index < -0.39 is 0 Å². The van der Waals surface area contributed by atoms with E-state index >= 15 is 0 Å². The number of hydrogen-bond acceptors (Lipinski definition) is 3. The Balaban J connectivity index is 1.69. The molecule has 1 saturated heterocycles. The summed E-state index contributed by atoms with van der Waals surface area (Å²) in [6.45, 7) is 2.68. The van der Waals surface area contributed by atoms with Crippen LogP contribution in [0.15, 0.2) is 48.7 Å². The van der Waals surface area contributed by atoms with Crippen molar-refractivity contribution in [3.63, 3.8) is 0 Å². The van der Waals surface area contributed by atoms with Crippen LogP contribution in [0.2, 0.25) is 0 Å². The molecule has 0 aliphatic carbocycles. The predicted molar refractivity (Wildman–Crippen MR) is 90.3 cm³/mol. The van der Waals surface area contributed by atoms with Gasteiger partial charge in [-0.15, -0.1) is 0 Å². The predicted octanol–water partition coefficient (Wildman–Crippen LogP) is 3.45. The third-order valence-corrected chi connectivity index (χ3v) is 4.48. The van der Waals surface area contributed by atoms with Crippen LogP contribution in [-0.4, -0.2) is 27.7 Å². The van der Waals surface area contributed by atoms with Crippen LogP contribution < -0.4 is 0 Å². The van der Waals surface area contributed by atoms with Gasteiger partial charge in [0, 0.05) is 31.7 Å². The van der Waals surface area contributed by atoms with Crippen LogP contribution in [0.5, 0.6) is 0 Å². The van der Waals surface area contributed by atoms with Crippen LogP contribution in [0.25, 0.3) is 11.2 Å². The fourth-order valence-corrected chi connectivity index (χ4v) is 3.32. The molecule has 2 aromatic heterocycles. The topological polar surface area (TPSA) is 39.9 Å². The van der Waals surface area contributed by atoms with Gasteiger partial charge in [0.2, 0.25) is 0 Å². The molecule has 4 nitrogen and oxygen atoms in total. The summed E-state index contributed by atoms with van der Waals surface area (Å²) in [5, 5.41) is 0. The quantitative estimate of drug-likeness (QED) is 0.741. The molecule has 1 fully saturated rings. The van der Waals surface area contributed by atoms with Crippen molar-refractivity contribution in [3.8, 4) is 0 Å². The van der Waals surface area contributed by atoms with Crippen molar-refractivity contribution >= 4 is 11.2 Å². The van der Waals surface area contributed by atoms with Gasteiger partial charge in [0.05, 0.1) is 6.61 Å². The molecule has 4 heteroatoms. The van der Waals surface area contributed by atoms with Crippen molar-refractivity contribution in [2.24, 2.45) is 5.92 Å². The monoisotopic (exact) mass is 307 g/mol. The number of nitrogens with zero attached hydrogens (tertiary/aromatic N) is 3. The first-order chi connectivity index (χ1) is 11.4. The van der Waals surface area contributed by atoms with Crippen molar-refractivity contribution in [1.29, 1.82) is 0 Å². The molecule has 1 unspecified atom stereocenters. The highest BCUT2D eigenvalue weighted by Gasteiger charge is 2.19. The molecule has 1 atom stereocenters. The average molecular weight is 307 g/mol. The van der Waals surface area contributed by atoms with Gasteiger partial charge in [0.15, 0.2) is 5.65 Å². The summed E-state index contributed by atoms with van der Waals surface area (Å²) in [5.74, 6) is 1.65. The Morgan fingerprint density at radius 2 is 2.04 bits per heavy atom. The summed E-state index contributed by atoms with van der Waals surface area (Å²) in [6, 6.07) is 14.5. The second-order valence-corrected chi connectivity index (χ2v) is 6.23. The molecule has 0 spiro atoms. The smallest absolute Gasteiger partial charge is 0.160 e. The first-order valence-electron chi connectivity index (χ1n) is 8.32. The summed E-state index contributed by atoms with van der Waals surface area (Å²) in [5.41, 5.74) is 3.25. The third-order valence-electron chi connectivity index (χ3n) is 4.48. The second-order valence-electron chi connectivity index (χ2n) is 6.23. The van der Waals surface area contributed by atoms with Crippen molar-refractivity contribution in [2.45, 2.75) is 25.8 Å². The zero-order chi connectivity index (χ0) is 15.5. The summed E-state index contributed by atoms with van der Waals surface area (Å²) in [6.07, 6.45) is 5.06. The van der Waals surface area contributed by atoms with Gasteiger partial charge in [-0.2, -0.15) is 0 Å². The maximum atomic E-state index is 5.65. The maximum absolute atomic E-state index is 5.65. The minimum absolute atomic E-state index is 0.553. The van der Waals surface area contributed by atoms with E-state index in [0.29, 0.717) is 5.92 Å². The zero-order valence-electron chi connectivity index (χ0n) is 13.2. The molecule has 1 aliphatic heterocycles. The van der Waals surface area contributed by atoms with Crippen molar-refractivity contribution < 1.29 is 4.74 Å². The van der Waals surface area contributed by atoms with Gasteiger partial charge in [0.25, 0.3) is 0 Å². The molecule has 4 rings (SSSR count). The van der Waals surface area contributed by atoms with Crippen LogP contribution >= 0.6 is 0 Å². The Kier molecular flexibility index (Phi) is 4.07. The number of imidazole rings is 1. The number of benzene rings is 1. The SMILES string of the molecule is c1ccc(Cc2nc3cccnc3n2CC2CCCOC2)cc1. The Morgan fingerprint density at radius 1 is 1.13 bits per heavy atom. The van der Waals surface area contributed by atoms with E-state index in [9.17, 15) is 0 Å². The summed E-state index contributed by atoms with van der Waals surface area (Å²) < 4.78 is 7.94. The highest BCUT2D eigenvalue weighted by Crippen LogP contribution is 2.22. The molecule has 0 radical (unpaired) electrons. The van der Waals surface area contributed by atoms with Gasteiger partial charge < -0.3 is 9.30 Å². The van der Waals surface area contributed by atoms with Crippen LogP contribution in [0.1, 0.15) is 24.2 Å². The van der Waals surface area contributed by atoms with Crippen molar-refractivity contribution in [3.05, 3.63) is 60.0 Å². The zero-order valence-corrected chi connectivity index (χ0v) is 13.2. The van der Waals surface area contributed by atoms with Gasteiger partial charge in [-0.05, 0) is 30.5 Å². The highest BCUT2D eigenvalue weighted by molar-refractivity contribution is 5.71. The van der Waals surface area contributed by atoms with E-state index in [4.69, 9.17) is 9.72 Å². The van der Waals surface area contributed by atoms with E-state index in [0.717, 1.165) is 49.6 Å². The number of fused-ring (bicyclic) bond motifs is 1. The average Bonchev–Trinajstić information content (AvgIpc) is 2.94. The van der Waals surface area contributed by atoms with Gasteiger partial charge in [-0.1, -0.05) is 30.3 Å². The highest BCUT2D eigenvalue weighted by atomic mass is 16.5. The van der Waals surface area contributed by atoms with Crippen LogP contribution in [0.3, 0.4) is 0 Å². The number of rotatable bonds is 4. The van der Waals surface area contributed by atoms with E-state index in [-0.39, 0.29) is 0 Å².